The standard InChI is InChI=1S/C18H18FNO4/c1-18(2)23-16(21)15(17(22)24-18)14(13-5-4-10-20(13)3)11-6-8-12(19)9-7-11/h4-10,14-15H,1-3H3. The van der Waals surface area contributed by atoms with Crippen molar-refractivity contribution in [2.24, 2.45) is 13.0 Å². The number of carbonyl (C=O) groups is 2. The summed E-state index contributed by atoms with van der Waals surface area (Å²) in [4.78, 5) is 25.0. The van der Waals surface area contributed by atoms with Gasteiger partial charge in [-0.15, -0.1) is 0 Å². The summed E-state index contributed by atoms with van der Waals surface area (Å²) in [5.74, 6) is -4.73. The quantitative estimate of drug-likeness (QED) is 0.641. The zero-order valence-corrected chi connectivity index (χ0v) is 13.7. The molecule has 0 bridgehead atoms. The number of aromatic nitrogens is 1. The lowest BCUT2D eigenvalue weighted by molar-refractivity contribution is -0.240. The summed E-state index contributed by atoms with van der Waals surface area (Å²) >= 11 is 0. The molecule has 1 aromatic carbocycles. The highest BCUT2D eigenvalue weighted by Crippen LogP contribution is 2.38. The molecule has 1 aliphatic heterocycles. The highest BCUT2D eigenvalue weighted by molar-refractivity contribution is 5.98. The van der Waals surface area contributed by atoms with E-state index < -0.39 is 29.6 Å². The molecule has 0 radical (unpaired) electrons. The second kappa shape index (κ2) is 5.78. The van der Waals surface area contributed by atoms with E-state index in [2.05, 4.69) is 0 Å². The third-order valence-electron chi connectivity index (χ3n) is 4.07. The number of halogens is 1. The highest BCUT2D eigenvalue weighted by Gasteiger charge is 2.48. The molecule has 1 fully saturated rings. The predicted octanol–water partition coefficient (Wildman–Crippen LogP) is 2.75. The first kappa shape index (κ1) is 16.2. The topological polar surface area (TPSA) is 57.5 Å². The summed E-state index contributed by atoms with van der Waals surface area (Å²) < 4.78 is 25.6. The Morgan fingerprint density at radius 2 is 1.67 bits per heavy atom. The number of carbonyl (C=O) groups excluding carboxylic acids is 2. The Labute approximate surface area is 139 Å². The van der Waals surface area contributed by atoms with Crippen LogP contribution in [0.5, 0.6) is 0 Å². The Morgan fingerprint density at radius 3 is 2.17 bits per heavy atom. The molecular formula is C18H18FNO4. The van der Waals surface area contributed by atoms with Gasteiger partial charge in [-0.1, -0.05) is 12.1 Å². The molecule has 2 aromatic rings. The maximum absolute atomic E-state index is 13.3. The van der Waals surface area contributed by atoms with Gasteiger partial charge < -0.3 is 14.0 Å². The first-order chi connectivity index (χ1) is 11.3. The molecule has 0 saturated carbocycles. The van der Waals surface area contributed by atoms with Crippen LogP contribution in [0.3, 0.4) is 0 Å². The third kappa shape index (κ3) is 2.91. The number of nitrogens with zero attached hydrogens (tertiary/aromatic N) is 1. The molecule has 0 aliphatic carbocycles. The fraction of sp³-hybridized carbons (Fsp3) is 0.333. The molecule has 126 valence electrons. The summed E-state index contributed by atoms with van der Waals surface area (Å²) in [5, 5.41) is 0. The largest absolute Gasteiger partial charge is 0.422 e. The summed E-state index contributed by atoms with van der Waals surface area (Å²) in [6.45, 7) is 3.02. The lowest BCUT2D eigenvalue weighted by atomic mass is 9.82. The van der Waals surface area contributed by atoms with E-state index in [4.69, 9.17) is 9.47 Å². The minimum atomic E-state index is -1.29. The van der Waals surface area contributed by atoms with Gasteiger partial charge in [-0.25, -0.2) is 4.39 Å². The van der Waals surface area contributed by atoms with Crippen LogP contribution in [0.2, 0.25) is 0 Å². The maximum Gasteiger partial charge on any atom is 0.324 e. The predicted molar refractivity (Wildman–Crippen MR) is 83.4 cm³/mol. The zero-order valence-electron chi connectivity index (χ0n) is 13.7. The van der Waals surface area contributed by atoms with Gasteiger partial charge in [0.25, 0.3) is 5.79 Å². The zero-order chi connectivity index (χ0) is 17.5. The first-order valence-corrected chi connectivity index (χ1v) is 7.61. The Bertz CT molecular complexity index is 759. The molecule has 1 saturated heterocycles. The van der Waals surface area contributed by atoms with Gasteiger partial charge in [0.05, 0.1) is 0 Å². The maximum atomic E-state index is 13.3. The van der Waals surface area contributed by atoms with Crippen molar-refractivity contribution in [3.05, 3.63) is 59.7 Å². The van der Waals surface area contributed by atoms with Gasteiger partial charge in [-0.3, -0.25) is 9.59 Å². The van der Waals surface area contributed by atoms with Crippen LogP contribution in [0.15, 0.2) is 42.6 Å². The molecule has 24 heavy (non-hydrogen) atoms. The Balaban J connectivity index is 2.08. The minimum Gasteiger partial charge on any atom is -0.422 e. The Hall–Kier alpha value is -2.63. The van der Waals surface area contributed by atoms with E-state index in [1.807, 2.05) is 29.9 Å². The fourth-order valence-electron chi connectivity index (χ4n) is 3.00. The van der Waals surface area contributed by atoms with Crippen molar-refractivity contribution in [2.45, 2.75) is 25.6 Å². The lowest BCUT2D eigenvalue weighted by Crippen LogP contribution is -2.48. The smallest absolute Gasteiger partial charge is 0.324 e. The number of benzene rings is 1. The average molecular weight is 331 g/mol. The summed E-state index contributed by atoms with van der Waals surface area (Å²) in [5.41, 5.74) is 1.37. The van der Waals surface area contributed by atoms with E-state index >= 15 is 0 Å². The molecule has 0 spiro atoms. The van der Waals surface area contributed by atoms with Crippen LogP contribution in [0, 0.1) is 11.7 Å². The second-order valence-electron chi connectivity index (χ2n) is 6.29. The molecule has 2 heterocycles. The van der Waals surface area contributed by atoms with E-state index in [9.17, 15) is 14.0 Å². The number of aryl methyl sites for hydroxylation is 1. The van der Waals surface area contributed by atoms with Crippen LogP contribution < -0.4 is 0 Å². The van der Waals surface area contributed by atoms with E-state index in [0.29, 0.717) is 5.56 Å². The van der Waals surface area contributed by atoms with Crippen LogP contribution in [0.4, 0.5) is 4.39 Å². The summed E-state index contributed by atoms with van der Waals surface area (Å²) in [6, 6.07) is 9.35. The highest BCUT2D eigenvalue weighted by atomic mass is 19.1. The molecular weight excluding hydrogens is 313 g/mol. The van der Waals surface area contributed by atoms with Gasteiger partial charge in [-0.05, 0) is 29.8 Å². The number of cyclic esters (lactones) is 2. The molecule has 1 aliphatic rings. The van der Waals surface area contributed by atoms with Gasteiger partial charge in [0, 0.05) is 38.7 Å². The van der Waals surface area contributed by atoms with Crippen LogP contribution in [-0.4, -0.2) is 22.3 Å². The number of esters is 2. The molecule has 6 heteroatoms. The van der Waals surface area contributed by atoms with E-state index in [-0.39, 0.29) is 5.82 Å². The molecule has 1 atom stereocenters. The van der Waals surface area contributed by atoms with Crippen molar-refractivity contribution in [2.75, 3.05) is 0 Å². The van der Waals surface area contributed by atoms with Crippen LogP contribution in [-0.2, 0) is 26.1 Å². The van der Waals surface area contributed by atoms with Gasteiger partial charge in [0.1, 0.15) is 5.82 Å². The second-order valence-corrected chi connectivity index (χ2v) is 6.29. The van der Waals surface area contributed by atoms with Crippen molar-refractivity contribution in [3.8, 4) is 0 Å². The number of hydrogen-bond donors (Lipinski definition) is 0. The molecule has 1 aromatic heterocycles. The number of hydrogen-bond acceptors (Lipinski definition) is 4. The summed E-state index contributed by atoms with van der Waals surface area (Å²) in [7, 11) is 1.81. The van der Waals surface area contributed by atoms with E-state index in [1.165, 1.54) is 26.0 Å². The van der Waals surface area contributed by atoms with Crippen molar-refractivity contribution in [3.63, 3.8) is 0 Å². The van der Waals surface area contributed by atoms with Crippen molar-refractivity contribution in [1.82, 2.24) is 4.57 Å². The number of rotatable bonds is 3. The summed E-state index contributed by atoms with van der Waals surface area (Å²) in [6.07, 6.45) is 1.81. The first-order valence-electron chi connectivity index (χ1n) is 7.61. The molecule has 3 rings (SSSR count). The average Bonchev–Trinajstić information content (AvgIpc) is 2.89. The van der Waals surface area contributed by atoms with Gasteiger partial charge in [0.2, 0.25) is 0 Å². The fourth-order valence-corrected chi connectivity index (χ4v) is 3.00. The third-order valence-corrected chi connectivity index (χ3v) is 4.07. The Kier molecular flexibility index (Phi) is 3.91. The van der Waals surface area contributed by atoms with Crippen molar-refractivity contribution in [1.29, 1.82) is 0 Å². The SMILES string of the molecule is Cn1cccc1C(c1ccc(F)cc1)C1C(=O)OC(C)(C)OC1=O. The molecule has 0 amide bonds. The molecule has 5 nitrogen and oxygen atoms in total. The van der Waals surface area contributed by atoms with Gasteiger partial charge in [-0.2, -0.15) is 0 Å². The Morgan fingerprint density at radius 1 is 1.08 bits per heavy atom. The molecule has 1 unspecified atom stereocenters. The van der Waals surface area contributed by atoms with Crippen LogP contribution in [0.1, 0.15) is 31.0 Å². The van der Waals surface area contributed by atoms with Gasteiger partial charge >= 0.3 is 11.9 Å². The van der Waals surface area contributed by atoms with Crippen molar-refractivity contribution >= 4 is 11.9 Å². The van der Waals surface area contributed by atoms with Crippen LogP contribution in [0.25, 0.3) is 0 Å². The van der Waals surface area contributed by atoms with Crippen LogP contribution >= 0.6 is 0 Å². The minimum absolute atomic E-state index is 0.390. The van der Waals surface area contributed by atoms with Gasteiger partial charge in [0.15, 0.2) is 5.92 Å². The number of ether oxygens (including phenoxy) is 2. The normalized spacial score (nSPS) is 18.8. The lowest BCUT2D eigenvalue weighted by Gasteiger charge is -2.36. The van der Waals surface area contributed by atoms with E-state index in [1.54, 1.807) is 12.1 Å². The molecule has 0 N–H and O–H groups in total. The van der Waals surface area contributed by atoms with Crippen molar-refractivity contribution < 1.29 is 23.5 Å². The monoisotopic (exact) mass is 331 g/mol. The van der Waals surface area contributed by atoms with E-state index in [0.717, 1.165) is 5.69 Å².